The molecule has 1 saturated heterocycles. The van der Waals surface area contributed by atoms with E-state index >= 15 is 0 Å². The highest BCUT2D eigenvalue weighted by Gasteiger charge is 2.72. The number of hydrogen-bond acceptors (Lipinski definition) is 4. The first kappa shape index (κ1) is 20.7. The summed E-state index contributed by atoms with van der Waals surface area (Å²) in [5.41, 5.74) is 0.860. The van der Waals surface area contributed by atoms with Crippen LogP contribution in [0, 0.1) is 28.6 Å². The van der Waals surface area contributed by atoms with Crippen LogP contribution in [0.4, 0.5) is 0 Å². The van der Waals surface area contributed by atoms with Crippen LogP contribution in [-0.4, -0.2) is 40.3 Å². The molecule has 0 radical (unpaired) electrons. The molecular formula is C26H33BrO4. The molecule has 1 N–H and O–H groups in total. The zero-order valence-electron chi connectivity index (χ0n) is 18.3. The average molecular weight is 489 g/mol. The molecule has 0 unspecified atom stereocenters. The summed E-state index contributed by atoms with van der Waals surface area (Å²) in [7, 11) is 0. The number of aliphatic hydroxyl groups excluding tert-OH is 1. The monoisotopic (exact) mass is 488 g/mol. The summed E-state index contributed by atoms with van der Waals surface area (Å²) in [6.07, 6.45) is 8.24. The lowest BCUT2D eigenvalue weighted by molar-refractivity contribution is -0.114. The standard InChI is InChI=1S/C26H33BrO4/c1-24-11-10-20-18(13-22-26(27)14-17(28)9-12-25(20,26)15-30-22)19(24)7-8-21(24)31-23(29)16-5-3-2-4-6-16/h2-6,17-22,28H,7-15H2,1H3/t17-,18-,19-,20-,21-,22+,24-,25-,26-/m0/s1. The van der Waals surface area contributed by atoms with E-state index in [2.05, 4.69) is 22.9 Å². The summed E-state index contributed by atoms with van der Waals surface area (Å²) >= 11 is 4.16. The Morgan fingerprint density at radius 1 is 1.13 bits per heavy atom. The lowest BCUT2D eigenvalue weighted by Gasteiger charge is -2.62. The van der Waals surface area contributed by atoms with Crippen molar-refractivity contribution in [1.29, 1.82) is 0 Å². The zero-order valence-corrected chi connectivity index (χ0v) is 19.9. The van der Waals surface area contributed by atoms with E-state index in [1.54, 1.807) is 0 Å². The third kappa shape index (κ3) is 2.75. The molecular weight excluding hydrogens is 456 g/mol. The molecule has 5 heteroatoms. The molecule has 1 aliphatic heterocycles. The molecule has 2 bridgehead atoms. The van der Waals surface area contributed by atoms with E-state index in [-0.39, 0.29) is 39.4 Å². The van der Waals surface area contributed by atoms with E-state index in [1.165, 1.54) is 6.42 Å². The normalized spacial score (nSPS) is 50.3. The summed E-state index contributed by atoms with van der Waals surface area (Å²) in [5, 5.41) is 10.4. The van der Waals surface area contributed by atoms with Crippen LogP contribution in [0.5, 0.6) is 0 Å². The van der Waals surface area contributed by atoms with Crippen molar-refractivity contribution in [3.8, 4) is 0 Å². The first-order valence-corrected chi connectivity index (χ1v) is 12.9. The van der Waals surface area contributed by atoms with Gasteiger partial charge >= 0.3 is 5.97 Å². The first-order chi connectivity index (χ1) is 14.9. The van der Waals surface area contributed by atoms with Gasteiger partial charge in [-0.1, -0.05) is 41.1 Å². The molecule has 4 saturated carbocycles. The molecule has 0 aromatic heterocycles. The second kappa shape index (κ2) is 7.04. The number of halogens is 1. The van der Waals surface area contributed by atoms with Crippen molar-refractivity contribution in [1.82, 2.24) is 0 Å². The van der Waals surface area contributed by atoms with Crippen LogP contribution < -0.4 is 0 Å². The lowest BCUT2D eigenvalue weighted by Crippen LogP contribution is -2.63. The van der Waals surface area contributed by atoms with Gasteiger partial charge in [-0.15, -0.1) is 0 Å². The fourth-order valence-electron chi connectivity index (χ4n) is 8.63. The fourth-order valence-corrected chi connectivity index (χ4v) is 9.93. The molecule has 1 heterocycles. The Kier molecular flexibility index (Phi) is 4.70. The summed E-state index contributed by atoms with van der Waals surface area (Å²) in [5.74, 6) is 1.68. The number of esters is 1. The number of alkyl halides is 1. The van der Waals surface area contributed by atoms with Gasteiger partial charge in [-0.05, 0) is 81.3 Å². The highest BCUT2D eigenvalue weighted by molar-refractivity contribution is 9.10. The van der Waals surface area contributed by atoms with Gasteiger partial charge in [-0.2, -0.15) is 0 Å². The Hall–Kier alpha value is -0.910. The predicted molar refractivity (Wildman–Crippen MR) is 121 cm³/mol. The maximum Gasteiger partial charge on any atom is 0.338 e. The Morgan fingerprint density at radius 2 is 1.94 bits per heavy atom. The molecule has 9 atom stereocenters. The zero-order chi connectivity index (χ0) is 21.4. The van der Waals surface area contributed by atoms with Crippen LogP contribution in [-0.2, 0) is 9.47 Å². The minimum atomic E-state index is -0.213. The number of fused-ring (bicyclic) bond motifs is 3. The van der Waals surface area contributed by atoms with Gasteiger partial charge in [0, 0.05) is 10.8 Å². The van der Waals surface area contributed by atoms with E-state index in [9.17, 15) is 9.90 Å². The van der Waals surface area contributed by atoms with Crippen molar-refractivity contribution in [2.24, 2.45) is 28.6 Å². The maximum atomic E-state index is 12.8. The Labute approximate surface area is 193 Å². The Bertz CT molecular complexity index is 875. The van der Waals surface area contributed by atoms with Crippen LogP contribution >= 0.6 is 15.9 Å². The van der Waals surface area contributed by atoms with Gasteiger partial charge in [-0.3, -0.25) is 0 Å². The van der Waals surface area contributed by atoms with E-state index in [1.807, 2.05) is 30.3 Å². The highest BCUT2D eigenvalue weighted by atomic mass is 79.9. The average Bonchev–Trinajstić information content (AvgIpc) is 3.16. The van der Waals surface area contributed by atoms with Crippen molar-refractivity contribution >= 4 is 21.9 Å². The Balaban J connectivity index is 1.26. The van der Waals surface area contributed by atoms with Crippen LogP contribution in [0.1, 0.15) is 68.6 Å². The van der Waals surface area contributed by atoms with Crippen LogP contribution in [0.3, 0.4) is 0 Å². The smallest absolute Gasteiger partial charge is 0.338 e. The molecule has 1 aromatic rings. The van der Waals surface area contributed by atoms with Gasteiger partial charge in [0.15, 0.2) is 0 Å². The van der Waals surface area contributed by atoms with E-state index in [0.29, 0.717) is 23.3 Å². The number of carbonyl (C=O) groups is 1. The third-order valence-electron chi connectivity index (χ3n) is 10.1. The number of benzene rings is 1. The van der Waals surface area contributed by atoms with Gasteiger partial charge in [0.2, 0.25) is 0 Å². The molecule has 31 heavy (non-hydrogen) atoms. The lowest BCUT2D eigenvalue weighted by atomic mass is 9.45. The minimum absolute atomic E-state index is 0.00561. The van der Waals surface area contributed by atoms with Crippen LogP contribution in [0.25, 0.3) is 0 Å². The molecule has 5 aliphatic rings. The summed E-state index contributed by atoms with van der Waals surface area (Å²) < 4.78 is 12.5. The summed E-state index contributed by atoms with van der Waals surface area (Å²) in [6.45, 7) is 3.22. The Morgan fingerprint density at radius 3 is 2.74 bits per heavy atom. The second-order valence-corrected chi connectivity index (χ2v) is 12.6. The number of aliphatic hydroxyl groups is 1. The van der Waals surface area contributed by atoms with Gasteiger partial charge in [0.05, 0.1) is 28.7 Å². The molecule has 0 spiro atoms. The highest BCUT2D eigenvalue weighted by Crippen LogP contribution is 2.72. The molecule has 6 rings (SSSR count). The quantitative estimate of drug-likeness (QED) is 0.463. The number of ether oxygens (including phenoxy) is 2. The van der Waals surface area contributed by atoms with E-state index in [0.717, 1.165) is 51.6 Å². The van der Waals surface area contributed by atoms with Crippen LogP contribution in [0.2, 0.25) is 0 Å². The van der Waals surface area contributed by atoms with Crippen molar-refractivity contribution in [2.75, 3.05) is 6.61 Å². The fraction of sp³-hybridized carbons (Fsp3) is 0.731. The summed E-state index contributed by atoms with van der Waals surface area (Å²) in [6, 6.07) is 9.41. The van der Waals surface area contributed by atoms with Crippen LogP contribution in [0.15, 0.2) is 30.3 Å². The van der Waals surface area contributed by atoms with Gasteiger partial charge < -0.3 is 14.6 Å². The molecule has 4 aliphatic carbocycles. The van der Waals surface area contributed by atoms with Gasteiger partial charge in [-0.25, -0.2) is 4.79 Å². The molecule has 5 fully saturated rings. The second-order valence-electron chi connectivity index (χ2n) is 11.2. The van der Waals surface area contributed by atoms with Gasteiger partial charge in [0.25, 0.3) is 0 Å². The summed E-state index contributed by atoms with van der Waals surface area (Å²) in [4.78, 5) is 12.8. The van der Waals surface area contributed by atoms with Gasteiger partial charge in [0.1, 0.15) is 6.10 Å². The van der Waals surface area contributed by atoms with Crippen molar-refractivity contribution in [2.45, 2.75) is 80.9 Å². The van der Waals surface area contributed by atoms with Crippen molar-refractivity contribution < 1.29 is 19.4 Å². The molecule has 0 amide bonds. The third-order valence-corrected chi connectivity index (χ3v) is 11.8. The maximum absolute atomic E-state index is 12.8. The van der Waals surface area contributed by atoms with Crippen molar-refractivity contribution in [3.05, 3.63) is 35.9 Å². The number of hydrogen-bond donors (Lipinski definition) is 1. The number of rotatable bonds is 2. The first-order valence-electron chi connectivity index (χ1n) is 12.1. The van der Waals surface area contributed by atoms with E-state index < -0.39 is 0 Å². The minimum Gasteiger partial charge on any atom is -0.458 e. The predicted octanol–water partition coefficient (Wildman–Crippen LogP) is 5.12. The van der Waals surface area contributed by atoms with Crippen molar-refractivity contribution in [3.63, 3.8) is 0 Å². The topological polar surface area (TPSA) is 55.8 Å². The largest absolute Gasteiger partial charge is 0.458 e. The molecule has 168 valence electrons. The molecule has 1 aromatic carbocycles. The SMILES string of the molecule is C[C@]12CC[C@H]3[C@@H](C[C@H]4OC[C@@]35CC[C@H](O)C[C@]45Br)[C@@H]1CC[C@@H]2OC(=O)c1ccccc1. The molecule has 4 nitrogen and oxygen atoms in total. The van der Waals surface area contributed by atoms with E-state index in [4.69, 9.17) is 9.47 Å². The number of carbonyl (C=O) groups excluding carboxylic acids is 1.